The molecule has 0 unspecified atom stereocenters. The summed E-state index contributed by atoms with van der Waals surface area (Å²) in [5, 5.41) is 0. The number of carbonyl (C=O) groups excluding carboxylic acids is 1. The van der Waals surface area contributed by atoms with Crippen LogP contribution in [0.3, 0.4) is 0 Å². The van der Waals surface area contributed by atoms with Gasteiger partial charge in [0.05, 0.1) is 12.7 Å². The quantitative estimate of drug-likeness (QED) is 0.488. The maximum Gasteiger partial charge on any atom is 0.338 e. The number of ether oxygens (including phenoxy) is 1. The summed E-state index contributed by atoms with van der Waals surface area (Å²) in [5.74, 6) is -0.335. The molecule has 0 fully saturated rings. The second-order valence-electron chi connectivity index (χ2n) is 4.90. The molecule has 0 saturated carbocycles. The Labute approximate surface area is 125 Å². The van der Waals surface area contributed by atoms with Crippen molar-refractivity contribution in [1.29, 1.82) is 0 Å². The largest absolute Gasteiger partial charge is 0.465 e. The first kappa shape index (κ1) is 14.9. The zero-order valence-electron chi connectivity index (χ0n) is 12.5. The van der Waals surface area contributed by atoms with E-state index in [4.69, 9.17) is 4.74 Å². The Kier molecular flexibility index (Phi) is 4.77. The molecule has 0 bridgehead atoms. The summed E-state index contributed by atoms with van der Waals surface area (Å²) in [7, 11) is 5.39. The Morgan fingerprint density at radius 1 is 1.00 bits per heavy atom. The second-order valence-corrected chi connectivity index (χ2v) is 4.90. The monoisotopic (exact) mass is 281 g/mol. The molecule has 3 heteroatoms. The predicted octanol–water partition coefficient (Wildman–Crippen LogP) is 3.47. The van der Waals surface area contributed by atoms with E-state index in [2.05, 4.69) is 0 Å². The van der Waals surface area contributed by atoms with E-state index < -0.39 is 0 Å². The van der Waals surface area contributed by atoms with Gasteiger partial charge >= 0.3 is 5.97 Å². The van der Waals surface area contributed by atoms with Crippen LogP contribution in [0.1, 0.15) is 11.1 Å². The van der Waals surface area contributed by atoms with Gasteiger partial charge < -0.3 is 9.64 Å². The van der Waals surface area contributed by atoms with E-state index in [9.17, 15) is 4.79 Å². The van der Waals surface area contributed by atoms with Crippen LogP contribution >= 0.6 is 0 Å². The van der Waals surface area contributed by atoms with Crippen LogP contribution in [-0.2, 0) is 9.53 Å². The van der Waals surface area contributed by atoms with E-state index in [0.717, 1.165) is 16.8 Å². The number of methoxy groups -OCH3 is 1. The topological polar surface area (TPSA) is 29.5 Å². The maximum absolute atomic E-state index is 12.0. The van der Waals surface area contributed by atoms with Gasteiger partial charge in [-0.3, -0.25) is 0 Å². The lowest BCUT2D eigenvalue weighted by Crippen LogP contribution is -2.08. The van der Waals surface area contributed by atoms with Gasteiger partial charge in [0.15, 0.2) is 0 Å². The van der Waals surface area contributed by atoms with Crippen LogP contribution in [0.5, 0.6) is 0 Å². The van der Waals surface area contributed by atoms with Crippen LogP contribution in [0.2, 0.25) is 0 Å². The van der Waals surface area contributed by atoms with Crippen molar-refractivity contribution in [3.63, 3.8) is 0 Å². The summed E-state index contributed by atoms with van der Waals surface area (Å²) in [6.07, 6.45) is 1.85. The van der Waals surface area contributed by atoms with E-state index in [1.54, 1.807) is 0 Å². The van der Waals surface area contributed by atoms with Gasteiger partial charge in [-0.05, 0) is 29.3 Å². The van der Waals surface area contributed by atoms with Crippen molar-refractivity contribution in [3.05, 3.63) is 65.7 Å². The molecule has 2 rings (SSSR count). The molecule has 2 aromatic carbocycles. The average molecular weight is 281 g/mol. The first-order chi connectivity index (χ1) is 10.1. The molecule has 0 aliphatic heterocycles. The summed E-state index contributed by atoms with van der Waals surface area (Å²) in [6, 6.07) is 17.5. The van der Waals surface area contributed by atoms with E-state index >= 15 is 0 Å². The van der Waals surface area contributed by atoms with Crippen molar-refractivity contribution < 1.29 is 9.53 Å². The molecule has 0 aromatic heterocycles. The second kappa shape index (κ2) is 6.75. The van der Waals surface area contributed by atoms with Gasteiger partial charge in [-0.25, -0.2) is 4.79 Å². The normalized spacial score (nSPS) is 11.1. The summed E-state index contributed by atoms with van der Waals surface area (Å²) in [4.78, 5) is 14.0. The van der Waals surface area contributed by atoms with Crippen molar-refractivity contribution in [2.45, 2.75) is 0 Å². The van der Waals surface area contributed by atoms with E-state index in [1.807, 2.05) is 79.7 Å². The Hall–Kier alpha value is -2.55. The fourth-order valence-corrected chi connectivity index (χ4v) is 2.02. The smallest absolute Gasteiger partial charge is 0.338 e. The molecule has 0 aliphatic carbocycles. The number of esters is 1. The molecular formula is C18H19NO2. The molecule has 0 saturated heterocycles. The zero-order chi connectivity index (χ0) is 15.2. The molecule has 21 heavy (non-hydrogen) atoms. The van der Waals surface area contributed by atoms with Crippen molar-refractivity contribution in [2.24, 2.45) is 0 Å². The fraction of sp³-hybridized carbons (Fsp3) is 0.167. The van der Waals surface area contributed by atoms with Crippen molar-refractivity contribution in [2.75, 3.05) is 26.1 Å². The zero-order valence-corrected chi connectivity index (χ0v) is 12.5. The van der Waals surface area contributed by atoms with Crippen LogP contribution in [0.4, 0.5) is 5.69 Å². The van der Waals surface area contributed by atoms with E-state index in [1.165, 1.54) is 7.11 Å². The number of hydrogen-bond acceptors (Lipinski definition) is 3. The van der Waals surface area contributed by atoms with Crippen LogP contribution in [0.15, 0.2) is 54.6 Å². The van der Waals surface area contributed by atoms with Gasteiger partial charge in [-0.1, -0.05) is 42.5 Å². The summed E-state index contributed by atoms with van der Waals surface area (Å²) in [5.41, 5.74) is 3.48. The molecule has 0 radical (unpaired) electrons. The molecule has 0 atom stereocenters. The number of hydrogen-bond donors (Lipinski definition) is 0. The average Bonchev–Trinajstić information content (AvgIpc) is 2.53. The molecule has 0 N–H and O–H groups in total. The Morgan fingerprint density at radius 2 is 1.62 bits per heavy atom. The first-order valence-corrected chi connectivity index (χ1v) is 6.74. The Balaban J connectivity index is 2.39. The molecule has 0 aliphatic rings. The van der Waals surface area contributed by atoms with Gasteiger partial charge in [0.1, 0.15) is 0 Å². The predicted molar refractivity (Wildman–Crippen MR) is 87.1 cm³/mol. The molecule has 2 aromatic rings. The van der Waals surface area contributed by atoms with Gasteiger partial charge in [-0.2, -0.15) is 0 Å². The highest BCUT2D eigenvalue weighted by Gasteiger charge is 2.12. The van der Waals surface area contributed by atoms with Gasteiger partial charge in [0, 0.05) is 19.8 Å². The molecule has 108 valence electrons. The Bertz CT molecular complexity index is 628. The fourth-order valence-electron chi connectivity index (χ4n) is 2.02. The molecule has 3 nitrogen and oxygen atoms in total. The van der Waals surface area contributed by atoms with Crippen molar-refractivity contribution >= 4 is 23.3 Å². The van der Waals surface area contributed by atoms with Gasteiger partial charge in [-0.15, -0.1) is 0 Å². The van der Waals surface area contributed by atoms with Gasteiger partial charge in [0.25, 0.3) is 0 Å². The maximum atomic E-state index is 12.0. The SMILES string of the molecule is COC(=O)C(=Cc1ccc(N(C)C)cc1)c1ccccc1. The minimum absolute atomic E-state index is 0.335. The summed E-state index contributed by atoms with van der Waals surface area (Å²) >= 11 is 0. The van der Waals surface area contributed by atoms with Crippen molar-refractivity contribution in [3.8, 4) is 0 Å². The number of rotatable bonds is 4. The highest BCUT2D eigenvalue weighted by molar-refractivity contribution is 6.21. The summed E-state index contributed by atoms with van der Waals surface area (Å²) in [6.45, 7) is 0. The molecule has 0 heterocycles. The van der Waals surface area contributed by atoms with Crippen LogP contribution in [0.25, 0.3) is 11.6 Å². The number of anilines is 1. The van der Waals surface area contributed by atoms with Crippen molar-refractivity contribution in [1.82, 2.24) is 0 Å². The van der Waals surface area contributed by atoms with Gasteiger partial charge in [0.2, 0.25) is 0 Å². The molecule has 0 amide bonds. The van der Waals surface area contributed by atoms with E-state index in [0.29, 0.717) is 5.57 Å². The van der Waals surface area contributed by atoms with Crippen LogP contribution in [-0.4, -0.2) is 27.2 Å². The van der Waals surface area contributed by atoms with Crippen LogP contribution in [0, 0.1) is 0 Å². The first-order valence-electron chi connectivity index (χ1n) is 6.74. The number of carbonyl (C=O) groups is 1. The minimum atomic E-state index is -0.335. The lowest BCUT2D eigenvalue weighted by molar-refractivity contribution is -0.133. The highest BCUT2D eigenvalue weighted by Crippen LogP contribution is 2.21. The third-order valence-electron chi connectivity index (χ3n) is 3.21. The summed E-state index contributed by atoms with van der Waals surface area (Å²) < 4.78 is 4.89. The van der Waals surface area contributed by atoms with Crippen LogP contribution < -0.4 is 4.90 Å². The standard InChI is InChI=1S/C18H19NO2/c1-19(2)16-11-9-14(10-12-16)13-17(18(20)21-3)15-7-5-4-6-8-15/h4-13H,1-3H3. The number of benzene rings is 2. The molecular weight excluding hydrogens is 262 g/mol. The third kappa shape index (κ3) is 3.72. The number of nitrogens with zero attached hydrogens (tertiary/aromatic N) is 1. The lowest BCUT2D eigenvalue weighted by atomic mass is 10.0. The lowest BCUT2D eigenvalue weighted by Gasteiger charge is -2.12. The highest BCUT2D eigenvalue weighted by atomic mass is 16.5. The Morgan fingerprint density at radius 3 is 2.14 bits per heavy atom. The van der Waals surface area contributed by atoms with E-state index in [-0.39, 0.29) is 5.97 Å². The third-order valence-corrected chi connectivity index (χ3v) is 3.21. The minimum Gasteiger partial charge on any atom is -0.465 e. The molecule has 0 spiro atoms.